The molecule has 0 bridgehead atoms. The lowest BCUT2D eigenvalue weighted by molar-refractivity contribution is 0.415. The number of nitrogens with zero attached hydrogens (tertiary/aromatic N) is 2. The van der Waals surface area contributed by atoms with E-state index in [1.807, 2.05) is 13.0 Å². The van der Waals surface area contributed by atoms with Crippen LogP contribution in [0.1, 0.15) is 32.2 Å². The molecular formula is C14H19ClN4O2. The Morgan fingerprint density at radius 3 is 2.90 bits per heavy atom. The summed E-state index contributed by atoms with van der Waals surface area (Å²) in [6.07, 6.45) is 1.05. The summed E-state index contributed by atoms with van der Waals surface area (Å²) in [5.41, 5.74) is 0.764. The maximum absolute atomic E-state index is 5.98. The molecule has 7 heteroatoms. The van der Waals surface area contributed by atoms with Crippen LogP contribution in [0.5, 0.6) is 5.75 Å². The van der Waals surface area contributed by atoms with Crippen molar-refractivity contribution in [3.8, 4) is 5.75 Å². The monoisotopic (exact) mass is 310 g/mol. The third kappa shape index (κ3) is 4.09. The minimum absolute atomic E-state index is 0.0211. The van der Waals surface area contributed by atoms with Crippen molar-refractivity contribution in [2.45, 2.75) is 26.3 Å². The first kappa shape index (κ1) is 15.6. The number of anilines is 2. The van der Waals surface area contributed by atoms with E-state index in [0.29, 0.717) is 22.7 Å². The van der Waals surface area contributed by atoms with E-state index in [9.17, 15) is 0 Å². The van der Waals surface area contributed by atoms with Crippen LogP contribution in [0.2, 0.25) is 5.02 Å². The van der Waals surface area contributed by atoms with Crippen LogP contribution in [-0.4, -0.2) is 23.9 Å². The molecule has 0 aliphatic rings. The molecule has 0 saturated carbocycles. The van der Waals surface area contributed by atoms with E-state index in [2.05, 4.69) is 27.8 Å². The molecule has 6 nitrogen and oxygen atoms in total. The van der Waals surface area contributed by atoms with Crippen molar-refractivity contribution >= 4 is 23.3 Å². The molecule has 1 heterocycles. The van der Waals surface area contributed by atoms with Gasteiger partial charge in [0.15, 0.2) is 0 Å². The number of nitrogens with one attached hydrogen (secondary N) is 2. The van der Waals surface area contributed by atoms with E-state index in [4.69, 9.17) is 20.8 Å². The second kappa shape index (κ2) is 7.28. The first-order valence-corrected chi connectivity index (χ1v) is 7.19. The predicted molar refractivity (Wildman–Crippen MR) is 82.3 cm³/mol. The molecule has 0 fully saturated rings. The SMILES string of the molecule is CCCNC(C)c1nnc(Nc2ccc(Cl)c(OC)c2)o1. The van der Waals surface area contributed by atoms with Crippen molar-refractivity contribution in [1.82, 2.24) is 15.5 Å². The van der Waals surface area contributed by atoms with Crippen molar-refractivity contribution < 1.29 is 9.15 Å². The van der Waals surface area contributed by atoms with Crippen LogP contribution in [0, 0.1) is 0 Å². The van der Waals surface area contributed by atoms with E-state index in [0.717, 1.165) is 18.7 Å². The number of ether oxygens (including phenoxy) is 1. The zero-order valence-corrected chi connectivity index (χ0v) is 13.1. The summed E-state index contributed by atoms with van der Waals surface area (Å²) in [4.78, 5) is 0. The highest BCUT2D eigenvalue weighted by Crippen LogP contribution is 2.29. The molecule has 0 spiro atoms. The Morgan fingerprint density at radius 2 is 2.19 bits per heavy atom. The molecule has 2 aromatic rings. The van der Waals surface area contributed by atoms with Gasteiger partial charge in [0.2, 0.25) is 5.89 Å². The number of rotatable bonds is 7. The minimum atomic E-state index is 0.0211. The maximum Gasteiger partial charge on any atom is 0.320 e. The molecule has 1 aromatic carbocycles. The first-order chi connectivity index (χ1) is 10.1. The smallest absolute Gasteiger partial charge is 0.320 e. The maximum atomic E-state index is 5.98. The van der Waals surface area contributed by atoms with Gasteiger partial charge in [0.05, 0.1) is 18.2 Å². The van der Waals surface area contributed by atoms with Crippen molar-refractivity contribution in [1.29, 1.82) is 0 Å². The lowest BCUT2D eigenvalue weighted by Crippen LogP contribution is -2.19. The van der Waals surface area contributed by atoms with Crippen molar-refractivity contribution in [2.75, 3.05) is 19.0 Å². The van der Waals surface area contributed by atoms with Gasteiger partial charge in [0.25, 0.3) is 0 Å². The van der Waals surface area contributed by atoms with Crippen LogP contribution in [0.15, 0.2) is 22.6 Å². The molecule has 2 rings (SSSR count). The lowest BCUT2D eigenvalue weighted by atomic mass is 10.3. The average molecular weight is 311 g/mol. The summed E-state index contributed by atoms with van der Waals surface area (Å²) < 4.78 is 10.7. The third-order valence-corrected chi connectivity index (χ3v) is 3.23. The van der Waals surface area contributed by atoms with Gasteiger partial charge in [-0.3, -0.25) is 0 Å². The van der Waals surface area contributed by atoms with E-state index in [1.165, 1.54) is 0 Å². The Hall–Kier alpha value is -1.79. The fourth-order valence-electron chi connectivity index (χ4n) is 1.77. The van der Waals surface area contributed by atoms with Gasteiger partial charge in [-0.15, -0.1) is 5.10 Å². The van der Waals surface area contributed by atoms with E-state index in [1.54, 1.807) is 19.2 Å². The highest BCUT2D eigenvalue weighted by Gasteiger charge is 2.13. The normalized spacial score (nSPS) is 12.2. The van der Waals surface area contributed by atoms with Gasteiger partial charge < -0.3 is 19.8 Å². The van der Waals surface area contributed by atoms with Gasteiger partial charge in [0, 0.05) is 11.8 Å². The Balaban J connectivity index is 2.05. The number of hydrogen-bond acceptors (Lipinski definition) is 6. The van der Waals surface area contributed by atoms with Gasteiger partial charge in [-0.05, 0) is 32.0 Å². The predicted octanol–water partition coefficient (Wildman–Crippen LogP) is 3.54. The van der Waals surface area contributed by atoms with E-state index < -0.39 is 0 Å². The van der Waals surface area contributed by atoms with Gasteiger partial charge >= 0.3 is 6.01 Å². The summed E-state index contributed by atoms with van der Waals surface area (Å²) in [6, 6.07) is 5.68. The molecule has 1 unspecified atom stereocenters. The minimum Gasteiger partial charge on any atom is -0.495 e. The highest BCUT2D eigenvalue weighted by molar-refractivity contribution is 6.32. The Bertz CT molecular complexity index is 588. The van der Waals surface area contributed by atoms with Gasteiger partial charge in [-0.25, -0.2) is 0 Å². The topological polar surface area (TPSA) is 72.2 Å². The molecule has 0 saturated heterocycles. The Labute approximate surface area is 128 Å². The van der Waals surface area contributed by atoms with Crippen LogP contribution in [0.3, 0.4) is 0 Å². The zero-order valence-electron chi connectivity index (χ0n) is 12.3. The second-order valence-electron chi connectivity index (χ2n) is 4.60. The van der Waals surface area contributed by atoms with Gasteiger partial charge in [0.1, 0.15) is 5.75 Å². The summed E-state index contributed by atoms with van der Waals surface area (Å²) in [5, 5.41) is 14.9. The summed E-state index contributed by atoms with van der Waals surface area (Å²) in [5.74, 6) is 1.13. The zero-order chi connectivity index (χ0) is 15.2. The second-order valence-corrected chi connectivity index (χ2v) is 5.00. The molecule has 2 N–H and O–H groups in total. The molecule has 1 aromatic heterocycles. The highest BCUT2D eigenvalue weighted by atomic mass is 35.5. The molecule has 21 heavy (non-hydrogen) atoms. The number of benzene rings is 1. The molecule has 0 aliphatic heterocycles. The van der Waals surface area contributed by atoms with Gasteiger partial charge in [-0.2, -0.15) is 0 Å². The Morgan fingerprint density at radius 1 is 1.38 bits per heavy atom. The molecule has 0 aliphatic carbocycles. The fraction of sp³-hybridized carbons (Fsp3) is 0.429. The summed E-state index contributed by atoms with van der Waals surface area (Å²) >= 11 is 5.98. The summed E-state index contributed by atoms with van der Waals surface area (Å²) in [7, 11) is 1.57. The molecule has 1 atom stereocenters. The number of hydrogen-bond donors (Lipinski definition) is 2. The lowest BCUT2D eigenvalue weighted by Gasteiger charge is -2.08. The number of halogens is 1. The van der Waals surface area contributed by atoms with Gasteiger partial charge in [-0.1, -0.05) is 23.6 Å². The van der Waals surface area contributed by atoms with Crippen molar-refractivity contribution in [3.05, 3.63) is 29.1 Å². The first-order valence-electron chi connectivity index (χ1n) is 6.81. The number of methoxy groups -OCH3 is 1. The fourth-order valence-corrected chi connectivity index (χ4v) is 1.96. The van der Waals surface area contributed by atoms with Crippen LogP contribution in [-0.2, 0) is 0 Å². The van der Waals surface area contributed by atoms with Crippen LogP contribution in [0.4, 0.5) is 11.7 Å². The van der Waals surface area contributed by atoms with Crippen LogP contribution < -0.4 is 15.4 Å². The Kier molecular flexibility index (Phi) is 5.41. The molecular weight excluding hydrogens is 292 g/mol. The third-order valence-electron chi connectivity index (χ3n) is 2.91. The van der Waals surface area contributed by atoms with Crippen LogP contribution >= 0.6 is 11.6 Å². The van der Waals surface area contributed by atoms with Crippen molar-refractivity contribution in [3.63, 3.8) is 0 Å². The number of aromatic nitrogens is 2. The molecule has 0 radical (unpaired) electrons. The van der Waals surface area contributed by atoms with Crippen LogP contribution in [0.25, 0.3) is 0 Å². The summed E-state index contributed by atoms with van der Waals surface area (Å²) in [6.45, 7) is 4.99. The van der Waals surface area contributed by atoms with Crippen molar-refractivity contribution in [2.24, 2.45) is 0 Å². The average Bonchev–Trinajstić information content (AvgIpc) is 2.95. The molecule has 114 valence electrons. The van der Waals surface area contributed by atoms with E-state index in [-0.39, 0.29) is 6.04 Å². The standard InChI is InChI=1S/C14H19ClN4O2/c1-4-7-16-9(2)13-18-19-14(21-13)17-10-5-6-11(15)12(8-10)20-3/h5-6,8-9,16H,4,7H2,1-3H3,(H,17,19). The molecule has 0 amide bonds. The van der Waals surface area contributed by atoms with E-state index >= 15 is 0 Å². The quantitative estimate of drug-likeness (QED) is 0.815. The largest absolute Gasteiger partial charge is 0.495 e.